The lowest BCUT2D eigenvalue weighted by Gasteiger charge is -2.26. The number of carbonyl (C=O) groups excluding carboxylic acids is 1. The Labute approximate surface area is 147 Å². The molecule has 1 aromatic carbocycles. The molecule has 1 N–H and O–H groups in total. The van der Waals surface area contributed by atoms with Crippen molar-refractivity contribution in [3.05, 3.63) is 47.3 Å². The summed E-state index contributed by atoms with van der Waals surface area (Å²) in [4.78, 5) is 12.5. The van der Waals surface area contributed by atoms with E-state index in [0.29, 0.717) is 30.1 Å². The second-order valence-corrected chi connectivity index (χ2v) is 8.04. The summed E-state index contributed by atoms with van der Waals surface area (Å²) in [5.41, 5.74) is 0.918. The van der Waals surface area contributed by atoms with Crippen molar-refractivity contribution in [1.29, 1.82) is 0 Å². The third-order valence-corrected chi connectivity index (χ3v) is 6.05. The van der Waals surface area contributed by atoms with Crippen LogP contribution >= 0.6 is 0 Å². The fourth-order valence-corrected chi connectivity index (χ4v) is 4.39. The average molecular weight is 363 g/mol. The second kappa shape index (κ2) is 7.37. The van der Waals surface area contributed by atoms with Crippen molar-refractivity contribution in [2.45, 2.75) is 37.6 Å². The van der Waals surface area contributed by atoms with Crippen LogP contribution in [0.2, 0.25) is 0 Å². The van der Waals surface area contributed by atoms with Gasteiger partial charge < -0.3 is 9.84 Å². The molecule has 1 aromatic heterocycles. The molecule has 0 saturated carbocycles. The highest BCUT2D eigenvalue weighted by Gasteiger charge is 2.26. The lowest BCUT2D eigenvalue weighted by molar-refractivity contribution is 0.0950. The third-order valence-electron chi connectivity index (χ3n) is 4.16. The number of piperidine rings is 1. The first kappa shape index (κ1) is 17.6. The molecule has 25 heavy (non-hydrogen) atoms. The predicted octanol–water partition coefficient (Wildman–Crippen LogP) is 2.09. The Balaban J connectivity index is 1.73. The summed E-state index contributed by atoms with van der Waals surface area (Å²) < 4.78 is 31.9. The topological polar surface area (TPSA) is 92.5 Å². The maximum absolute atomic E-state index is 12.7. The van der Waals surface area contributed by atoms with Gasteiger partial charge in [-0.15, -0.1) is 0 Å². The van der Waals surface area contributed by atoms with Crippen molar-refractivity contribution >= 4 is 15.9 Å². The van der Waals surface area contributed by atoms with Gasteiger partial charge in [-0.1, -0.05) is 17.6 Å². The van der Waals surface area contributed by atoms with Gasteiger partial charge in [0.15, 0.2) is 0 Å². The molecule has 0 bridgehead atoms. The number of hydrogen-bond donors (Lipinski definition) is 1. The Kier molecular flexibility index (Phi) is 5.19. The van der Waals surface area contributed by atoms with Crippen LogP contribution in [0.4, 0.5) is 0 Å². The maximum atomic E-state index is 12.7. The monoisotopic (exact) mass is 363 g/mol. The van der Waals surface area contributed by atoms with Gasteiger partial charge in [0.2, 0.25) is 10.0 Å². The second-order valence-electron chi connectivity index (χ2n) is 6.10. The normalized spacial score (nSPS) is 15.9. The van der Waals surface area contributed by atoms with E-state index < -0.39 is 10.0 Å². The molecule has 8 heteroatoms. The van der Waals surface area contributed by atoms with Crippen molar-refractivity contribution in [3.8, 4) is 0 Å². The van der Waals surface area contributed by atoms with Crippen molar-refractivity contribution in [3.63, 3.8) is 0 Å². The number of nitrogens with one attached hydrogen (secondary N) is 1. The molecule has 0 radical (unpaired) electrons. The molecule has 0 unspecified atom stereocenters. The first-order valence-electron chi connectivity index (χ1n) is 8.27. The lowest BCUT2D eigenvalue weighted by Crippen LogP contribution is -2.35. The molecule has 3 rings (SSSR count). The minimum atomic E-state index is -3.56. The lowest BCUT2D eigenvalue weighted by atomic mass is 10.2. The van der Waals surface area contributed by atoms with Gasteiger partial charge in [0, 0.05) is 24.7 Å². The highest BCUT2D eigenvalue weighted by molar-refractivity contribution is 7.89. The molecule has 0 aliphatic carbocycles. The summed E-state index contributed by atoms with van der Waals surface area (Å²) in [6.07, 6.45) is 2.79. The van der Waals surface area contributed by atoms with Crippen LogP contribution in [0.3, 0.4) is 0 Å². The number of carbonyl (C=O) groups is 1. The summed E-state index contributed by atoms with van der Waals surface area (Å²) in [7, 11) is -3.56. The van der Waals surface area contributed by atoms with E-state index >= 15 is 0 Å². The summed E-state index contributed by atoms with van der Waals surface area (Å²) in [6.45, 7) is 3.06. The van der Waals surface area contributed by atoms with Gasteiger partial charge in [0.1, 0.15) is 11.5 Å². The Morgan fingerprint density at radius 3 is 2.68 bits per heavy atom. The Morgan fingerprint density at radius 2 is 2.00 bits per heavy atom. The number of rotatable bonds is 5. The zero-order chi connectivity index (χ0) is 17.9. The molecular weight excluding hydrogens is 342 g/mol. The van der Waals surface area contributed by atoms with Crippen molar-refractivity contribution in [2.24, 2.45) is 0 Å². The molecule has 7 nitrogen and oxygen atoms in total. The first-order valence-corrected chi connectivity index (χ1v) is 9.71. The average Bonchev–Trinajstić information content (AvgIpc) is 3.06. The zero-order valence-corrected chi connectivity index (χ0v) is 14.9. The molecular formula is C17H21N3O4S. The van der Waals surface area contributed by atoms with Crippen molar-refractivity contribution in [1.82, 2.24) is 14.8 Å². The molecule has 0 atom stereocenters. The molecule has 1 aliphatic heterocycles. The van der Waals surface area contributed by atoms with E-state index in [4.69, 9.17) is 4.52 Å². The van der Waals surface area contributed by atoms with Gasteiger partial charge in [0.25, 0.3) is 5.91 Å². The molecule has 1 fully saturated rings. The number of sulfonamides is 1. The smallest absolute Gasteiger partial charge is 0.251 e. The van der Waals surface area contributed by atoms with Crippen LogP contribution in [0.15, 0.2) is 39.8 Å². The molecule has 2 aromatic rings. The third kappa shape index (κ3) is 4.08. The number of aryl methyl sites for hydroxylation is 1. The first-order chi connectivity index (χ1) is 12.0. The van der Waals surface area contributed by atoms with Gasteiger partial charge in [-0.3, -0.25) is 4.79 Å². The largest absolute Gasteiger partial charge is 0.361 e. The summed E-state index contributed by atoms with van der Waals surface area (Å²) in [5, 5.41) is 6.52. The molecule has 134 valence electrons. The van der Waals surface area contributed by atoms with Gasteiger partial charge in [-0.25, -0.2) is 8.42 Å². The number of benzene rings is 1. The molecule has 2 heterocycles. The van der Waals surface area contributed by atoms with E-state index in [9.17, 15) is 13.2 Å². The fraction of sp³-hybridized carbons (Fsp3) is 0.412. The van der Waals surface area contributed by atoms with E-state index in [1.165, 1.54) is 16.4 Å². The minimum Gasteiger partial charge on any atom is -0.361 e. The van der Waals surface area contributed by atoms with Gasteiger partial charge in [-0.05, 0) is 38.0 Å². The summed E-state index contributed by atoms with van der Waals surface area (Å²) in [6, 6.07) is 7.87. The van der Waals surface area contributed by atoms with E-state index in [0.717, 1.165) is 19.3 Å². The van der Waals surface area contributed by atoms with Crippen LogP contribution in [0.25, 0.3) is 0 Å². The van der Waals surface area contributed by atoms with Gasteiger partial charge >= 0.3 is 0 Å². The number of hydrogen-bond acceptors (Lipinski definition) is 5. The zero-order valence-electron chi connectivity index (χ0n) is 14.1. The number of amides is 1. The number of nitrogens with zero attached hydrogens (tertiary/aromatic N) is 2. The summed E-state index contributed by atoms with van der Waals surface area (Å²) >= 11 is 0. The van der Waals surface area contributed by atoms with Gasteiger partial charge in [-0.2, -0.15) is 4.31 Å². The van der Waals surface area contributed by atoms with E-state index in [2.05, 4.69) is 10.5 Å². The van der Waals surface area contributed by atoms with Crippen LogP contribution < -0.4 is 5.32 Å². The standard InChI is InChI=1S/C17H21N3O4S/c1-13-10-15(19-24-13)12-18-17(21)14-6-5-7-16(11-14)25(22,23)20-8-3-2-4-9-20/h5-7,10-11H,2-4,8-9,12H2,1H3,(H,18,21). The quantitative estimate of drug-likeness (QED) is 0.878. The summed E-state index contributed by atoms with van der Waals surface area (Å²) in [5.74, 6) is 0.315. The van der Waals surface area contributed by atoms with Crippen molar-refractivity contribution in [2.75, 3.05) is 13.1 Å². The minimum absolute atomic E-state index is 0.152. The maximum Gasteiger partial charge on any atom is 0.251 e. The molecule has 1 amide bonds. The van der Waals surface area contributed by atoms with Crippen molar-refractivity contribution < 1.29 is 17.7 Å². The van der Waals surface area contributed by atoms with Crippen LogP contribution in [0.1, 0.15) is 41.1 Å². The Morgan fingerprint density at radius 1 is 1.24 bits per heavy atom. The predicted molar refractivity (Wildman–Crippen MR) is 91.5 cm³/mol. The van der Waals surface area contributed by atoms with Crippen LogP contribution in [0, 0.1) is 6.92 Å². The van der Waals surface area contributed by atoms with Crippen LogP contribution in [0.5, 0.6) is 0 Å². The fourth-order valence-electron chi connectivity index (χ4n) is 2.83. The van der Waals surface area contributed by atoms with Crippen LogP contribution in [-0.4, -0.2) is 36.9 Å². The highest BCUT2D eigenvalue weighted by Crippen LogP contribution is 2.21. The highest BCUT2D eigenvalue weighted by atomic mass is 32.2. The van der Waals surface area contributed by atoms with E-state index in [-0.39, 0.29) is 17.3 Å². The van der Waals surface area contributed by atoms with E-state index in [1.807, 2.05) is 0 Å². The van der Waals surface area contributed by atoms with Crippen LogP contribution in [-0.2, 0) is 16.6 Å². The molecule has 1 saturated heterocycles. The SMILES string of the molecule is Cc1cc(CNC(=O)c2cccc(S(=O)(=O)N3CCCCC3)c2)no1. The Hall–Kier alpha value is -2.19. The Bertz CT molecular complexity index is 854. The van der Waals surface area contributed by atoms with E-state index in [1.54, 1.807) is 25.1 Å². The number of aromatic nitrogens is 1. The molecule has 0 spiro atoms. The van der Waals surface area contributed by atoms with Gasteiger partial charge in [0.05, 0.1) is 11.4 Å². The molecule has 1 aliphatic rings.